The van der Waals surface area contributed by atoms with Crippen LogP contribution in [0.1, 0.15) is 18.5 Å². The monoisotopic (exact) mass is 154 g/mol. The zero-order chi connectivity index (χ0) is 8.27. The molecule has 3 heteroatoms. The van der Waals surface area contributed by atoms with Crippen molar-refractivity contribution in [2.45, 2.75) is 13.0 Å². The zero-order valence-electron chi connectivity index (χ0n) is 6.63. The van der Waals surface area contributed by atoms with Gasteiger partial charge in [-0.3, -0.25) is 0 Å². The molecule has 0 aromatic carbocycles. The van der Waals surface area contributed by atoms with Crippen LogP contribution in [0.2, 0.25) is 0 Å². The van der Waals surface area contributed by atoms with Gasteiger partial charge in [0.05, 0.1) is 0 Å². The van der Waals surface area contributed by atoms with Gasteiger partial charge in [-0.2, -0.15) is 4.39 Å². The van der Waals surface area contributed by atoms with Crippen LogP contribution in [0.5, 0.6) is 0 Å². The first-order valence-electron chi connectivity index (χ1n) is 3.52. The number of rotatable bonds is 2. The molecule has 60 valence electrons. The number of pyridine rings is 1. The van der Waals surface area contributed by atoms with Gasteiger partial charge in [0.15, 0.2) is 0 Å². The molecule has 0 saturated heterocycles. The minimum atomic E-state index is -0.426. The maximum absolute atomic E-state index is 12.5. The van der Waals surface area contributed by atoms with Crippen LogP contribution in [-0.2, 0) is 0 Å². The van der Waals surface area contributed by atoms with E-state index in [-0.39, 0.29) is 6.04 Å². The van der Waals surface area contributed by atoms with Gasteiger partial charge in [-0.25, -0.2) is 4.98 Å². The van der Waals surface area contributed by atoms with Gasteiger partial charge < -0.3 is 5.32 Å². The van der Waals surface area contributed by atoms with Gasteiger partial charge in [-0.15, -0.1) is 0 Å². The van der Waals surface area contributed by atoms with Crippen molar-refractivity contribution in [2.75, 3.05) is 7.05 Å². The highest BCUT2D eigenvalue weighted by molar-refractivity contribution is 5.14. The second-order valence-electron chi connectivity index (χ2n) is 2.42. The average Bonchev–Trinajstić information content (AvgIpc) is 2.03. The van der Waals surface area contributed by atoms with Gasteiger partial charge in [-0.1, -0.05) is 0 Å². The fraction of sp³-hybridized carbons (Fsp3) is 0.375. The van der Waals surface area contributed by atoms with Crippen molar-refractivity contribution in [2.24, 2.45) is 0 Å². The molecule has 0 aliphatic heterocycles. The van der Waals surface area contributed by atoms with Gasteiger partial charge in [0.1, 0.15) is 0 Å². The average molecular weight is 154 g/mol. The molecule has 0 aliphatic carbocycles. The van der Waals surface area contributed by atoms with E-state index < -0.39 is 5.95 Å². The maximum atomic E-state index is 12.5. The van der Waals surface area contributed by atoms with Crippen LogP contribution in [0.3, 0.4) is 0 Å². The molecule has 0 unspecified atom stereocenters. The van der Waals surface area contributed by atoms with E-state index in [1.807, 2.05) is 14.0 Å². The molecule has 0 fully saturated rings. The second-order valence-corrected chi connectivity index (χ2v) is 2.42. The summed E-state index contributed by atoms with van der Waals surface area (Å²) < 4.78 is 12.5. The van der Waals surface area contributed by atoms with Crippen LogP contribution in [0, 0.1) is 5.95 Å². The fourth-order valence-electron chi connectivity index (χ4n) is 0.853. The van der Waals surface area contributed by atoms with Gasteiger partial charge in [0.2, 0.25) is 5.95 Å². The van der Waals surface area contributed by atoms with E-state index >= 15 is 0 Å². The Morgan fingerprint density at radius 3 is 2.91 bits per heavy atom. The topological polar surface area (TPSA) is 24.9 Å². The number of hydrogen-bond donors (Lipinski definition) is 1. The lowest BCUT2D eigenvalue weighted by molar-refractivity contribution is 0.571. The standard InChI is InChI=1S/C8H11FN2/c1-6(10-2)7-3-4-11-8(9)5-7/h3-6,10H,1-2H3/t6-/m0/s1. The first-order valence-corrected chi connectivity index (χ1v) is 3.52. The lowest BCUT2D eigenvalue weighted by atomic mass is 10.1. The number of nitrogens with zero attached hydrogens (tertiary/aromatic N) is 1. The number of halogens is 1. The quantitative estimate of drug-likeness (QED) is 0.653. The highest BCUT2D eigenvalue weighted by Gasteiger charge is 2.02. The number of nitrogens with one attached hydrogen (secondary N) is 1. The molecule has 1 rings (SSSR count). The molecule has 0 saturated carbocycles. The summed E-state index contributed by atoms with van der Waals surface area (Å²) in [7, 11) is 1.84. The Labute approximate surface area is 65.5 Å². The minimum absolute atomic E-state index is 0.174. The summed E-state index contributed by atoms with van der Waals surface area (Å²) in [5.41, 5.74) is 0.917. The highest BCUT2D eigenvalue weighted by Crippen LogP contribution is 2.10. The molecule has 1 N–H and O–H groups in total. The second kappa shape index (κ2) is 3.44. The van der Waals surface area contributed by atoms with E-state index in [4.69, 9.17) is 0 Å². The lowest BCUT2D eigenvalue weighted by Gasteiger charge is -2.08. The lowest BCUT2D eigenvalue weighted by Crippen LogP contribution is -2.12. The molecule has 0 bridgehead atoms. The Morgan fingerprint density at radius 2 is 2.36 bits per heavy atom. The third kappa shape index (κ3) is 1.98. The smallest absolute Gasteiger partial charge is 0.213 e. The van der Waals surface area contributed by atoms with Crippen LogP contribution >= 0.6 is 0 Å². The molecule has 2 nitrogen and oxygen atoms in total. The van der Waals surface area contributed by atoms with E-state index in [2.05, 4.69) is 10.3 Å². The van der Waals surface area contributed by atoms with Crippen molar-refractivity contribution in [3.8, 4) is 0 Å². The van der Waals surface area contributed by atoms with Crippen LogP contribution in [0.15, 0.2) is 18.3 Å². The predicted molar refractivity (Wildman–Crippen MR) is 41.7 cm³/mol. The molecule has 0 spiro atoms. The largest absolute Gasteiger partial charge is 0.313 e. The molecule has 0 radical (unpaired) electrons. The van der Waals surface area contributed by atoms with Crippen LogP contribution in [0.25, 0.3) is 0 Å². The van der Waals surface area contributed by atoms with Crippen molar-refractivity contribution in [1.82, 2.24) is 10.3 Å². The Morgan fingerprint density at radius 1 is 1.64 bits per heavy atom. The van der Waals surface area contributed by atoms with E-state index in [0.29, 0.717) is 0 Å². The first-order chi connectivity index (χ1) is 5.24. The van der Waals surface area contributed by atoms with Crippen LogP contribution < -0.4 is 5.32 Å². The Kier molecular flexibility index (Phi) is 2.54. The minimum Gasteiger partial charge on any atom is -0.313 e. The third-order valence-corrected chi connectivity index (χ3v) is 1.68. The summed E-state index contributed by atoms with van der Waals surface area (Å²) in [5, 5.41) is 3.01. The van der Waals surface area contributed by atoms with Gasteiger partial charge in [-0.05, 0) is 31.7 Å². The van der Waals surface area contributed by atoms with Gasteiger partial charge in [0, 0.05) is 12.2 Å². The van der Waals surface area contributed by atoms with Crippen molar-refractivity contribution >= 4 is 0 Å². The molecule has 0 aliphatic rings. The molecule has 1 atom stereocenters. The molecule has 1 aromatic rings. The number of hydrogen-bond acceptors (Lipinski definition) is 2. The van der Waals surface area contributed by atoms with Crippen molar-refractivity contribution in [3.05, 3.63) is 29.8 Å². The Bertz CT molecular complexity index is 237. The number of aromatic nitrogens is 1. The van der Waals surface area contributed by atoms with E-state index in [0.717, 1.165) is 5.56 Å². The SMILES string of the molecule is CN[C@@H](C)c1ccnc(F)c1. The van der Waals surface area contributed by atoms with E-state index in [9.17, 15) is 4.39 Å². The molecular weight excluding hydrogens is 143 g/mol. The van der Waals surface area contributed by atoms with Gasteiger partial charge >= 0.3 is 0 Å². The van der Waals surface area contributed by atoms with Crippen molar-refractivity contribution < 1.29 is 4.39 Å². The fourth-order valence-corrected chi connectivity index (χ4v) is 0.853. The predicted octanol–water partition coefficient (Wildman–Crippen LogP) is 1.50. The highest BCUT2D eigenvalue weighted by atomic mass is 19.1. The summed E-state index contributed by atoms with van der Waals surface area (Å²) >= 11 is 0. The molecule has 11 heavy (non-hydrogen) atoms. The van der Waals surface area contributed by atoms with E-state index in [1.54, 1.807) is 6.07 Å². The molecule has 1 heterocycles. The van der Waals surface area contributed by atoms with Crippen molar-refractivity contribution in [1.29, 1.82) is 0 Å². The van der Waals surface area contributed by atoms with Crippen molar-refractivity contribution in [3.63, 3.8) is 0 Å². The first kappa shape index (κ1) is 8.14. The summed E-state index contributed by atoms with van der Waals surface area (Å²) in [4.78, 5) is 3.46. The zero-order valence-corrected chi connectivity index (χ0v) is 6.63. The summed E-state index contributed by atoms with van der Waals surface area (Å²) in [6, 6.07) is 3.40. The molecule has 1 aromatic heterocycles. The Balaban J connectivity index is 2.86. The summed E-state index contributed by atoms with van der Waals surface area (Å²) in [6.45, 7) is 1.97. The normalized spacial score (nSPS) is 13.0. The summed E-state index contributed by atoms with van der Waals surface area (Å²) in [5.74, 6) is -0.426. The van der Waals surface area contributed by atoms with Gasteiger partial charge in [0.25, 0.3) is 0 Å². The Hall–Kier alpha value is -0.960. The maximum Gasteiger partial charge on any atom is 0.213 e. The third-order valence-electron chi connectivity index (χ3n) is 1.68. The summed E-state index contributed by atoms with van der Waals surface area (Å²) in [6.07, 6.45) is 1.47. The van der Waals surface area contributed by atoms with E-state index in [1.165, 1.54) is 12.3 Å². The van der Waals surface area contributed by atoms with Crippen LogP contribution in [0.4, 0.5) is 4.39 Å². The van der Waals surface area contributed by atoms with Crippen LogP contribution in [-0.4, -0.2) is 12.0 Å². The molecular formula is C8H11FN2. The molecule has 0 amide bonds.